The number of hydrogen-bond acceptors (Lipinski definition) is 9. The van der Waals surface area contributed by atoms with Gasteiger partial charge >= 0.3 is 0 Å². The van der Waals surface area contributed by atoms with E-state index in [2.05, 4.69) is 25.3 Å². The zero-order valence-electron chi connectivity index (χ0n) is 18.3. The first-order valence-corrected chi connectivity index (χ1v) is 10.6. The van der Waals surface area contributed by atoms with Crippen LogP contribution in [0.3, 0.4) is 0 Å². The van der Waals surface area contributed by atoms with Crippen LogP contribution in [0.1, 0.15) is 35.3 Å². The molecular weight excluding hydrogens is 424 g/mol. The summed E-state index contributed by atoms with van der Waals surface area (Å²) in [7, 11) is 3.20. The summed E-state index contributed by atoms with van der Waals surface area (Å²) in [6, 6.07) is 12.8. The summed E-state index contributed by atoms with van der Waals surface area (Å²) >= 11 is 0. The van der Waals surface area contributed by atoms with Gasteiger partial charge in [0.15, 0.2) is 0 Å². The van der Waals surface area contributed by atoms with Crippen molar-refractivity contribution < 1.29 is 18.8 Å². The van der Waals surface area contributed by atoms with Crippen LogP contribution < -0.4 is 9.47 Å². The van der Waals surface area contributed by atoms with E-state index in [1.165, 1.54) is 0 Å². The molecular formula is C23H22N6O4. The van der Waals surface area contributed by atoms with Gasteiger partial charge in [-0.15, -0.1) is 10.2 Å². The van der Waals surface area contributed by atoms with Crippen LogP contribution in [-0.4, -0.2) is 63.4 Å². The van der Waals surface area contributed by atoms with Gasteiger partial charge in [0.05, 0.1) is 19.7 Å². The Bertz CT molecular complexity index is 1280. The maximum atomic E-state index is 13.0. The number of nitrogens with zero attached hydrogens (tertiary/aromatic N) is 6. The maximum absolute atomic E-state index is 13.0. The van der Waals surface area contributed by atoms with Crippen LogP contribution in [0.2, 0.25) is 0 Å². The van der Waals surface area contributed by atoms with Gasteiger partial charge in [-0.1, -0.05) is 5.16 Å². The molecule has 4 aromatic rings. The number of benzene rings is 2. The summed E-state index contributed by atoms with van der Waals surface area (Å²) in [4.78, 5) is 23.6. The standard InChI is InChI=1S/C23H22N6O4/c1-31-16-5-3-14(4-6-16)20-25-22(33-28-20)15-9-11-29(12-10-15)23(30)21-24-19-13-17(32-2)7-8-18(19)26-27-21/h3-8,13,15H,9-12H2,1-2H3. The third-order valence-electron chi connectivity index (χ3n) is 5.77. The van der Waals surface area contributed by atoms with Crippen molar-refractivity contribution in [2.75, 3.05) is 27.3 Å². The number of ether oxygens (including phenoxy) is 2. The first kappa shape index (κ1) is 20.8. The van der Waals surface area contributed by atoms with Crippen LogP contribution in [0.5, 0.6) is 11.5 Å². The quantitative estimate of drug-likeness (QED) is 0.456. The predicted molar refractivity (Wildman–Crippen MR) is 118 cm³/mol. The molecule has 0 N–H and O–H groups in total. The van der Waals surface area contributed by atoms with Gasteiger partial charge in [-0.2, -0.15) is 4.98 Å². The van der Waals surface area contributed by atoms with E-state index in [0.29, 0.717) is 54.4 Å². The van der Waals surface area contributed by atoms with E-state index in [1.807, 2.05) is 24.3 Å². The molecule has 2 aromatic carbocycles. The lowest BCUT2D eigenvalue weighted by atomic mass is 9.96. The van der Waals surface area contributed by atoms with Crippen molar-refractivity contribution in [3.05, 3.63) is 54.2 Å². The highest BCUT2D eigenvalue weighted by molar-refractivity contribution is 5.92. The molecule has 1 saturated heterocycles. The Balaban J connectivity index is 1.25. The van der Waals surface area contributed by atoms with E-state index in [9.17, 15) is 4.79 Å². The van der Waals surface area contributed by atoms with E-state index < -0.39 is 0 Å². The molecule has 1 fully saturated rings. The summed E-state index contributed by atoms with van der Waals surface area (Å²) in [5, 5.41) is 12.3. The summed E-state index contributed by atoms with van der Waals surface area (Å²) in [6.45, 7) is 1.09. The lowest BCUT2D eigenvalue weighted by molar-refractivity contribution is 0.0691. The second-order valence-electron chi connectivity index (χ2n) is 7.74. The van der Waals surface area contributed by atoms with E-state index in [4.69, 9.17) is 14.0 Å². The summed E-state index contributed by atoms with van der Waals surface area (Å²) in [5.41, 5.74) is 2.03. The third kappa shape index (κ3) is 4.19. The molecule has 2 aromatic heterocycles. The number of piperidine rings is 1. The van der Waals surface area contributed by atoms with Gasteiger partial charge in [0.25, 0.3) is 5.91 Å². The van der Waals surface area contributed by atoms with Crippen molar-refractivity contribution in [3.8, 4) is 22.9 Å². The molecule has 0 spiro atoms. The SMILES string of the molecule is COc1ccc(-c2noc(C3CCN(C(=O)c4nnc5ccc(OC)cc5n4)CC3)n2)cc1. The van der Waals surface area contributed by atoms with Gasteiger partial charge in [0.1, 0.15) is 17.0 Å². The fraction of sp³-hybridized carbons (Fsp3) is 0.304. The molecule has 33 heavy (non-hydrogen) atoms. The first-order valence-electron chi connectivity index (χ1n) is 10.6. The largest absolute Gasteiger partial charge is 0.497 e. The number of fused-ring (bicyclic) bond motifs is 1. The van der Waals surface area contributed by atoms with Crippen LogP contribution in [0.25, 0.3) is 22.4 Å². The number of carbonyl (C=O) groups excluding carboxylic acids is 1. The minimum absolute atomic E-state index is 0.0776. The maximum Gasteiger partial charge on any atom is 0.293 e. The molecule has 10 heteroatoms. The molecule has 3 heterocycles. The second kappa shape index (κ2) is 8.81. The molecule has 5 rings (SSSR count). The number of rotatable bonds is 5. The van der Waals surface area contributed by atoms with Gasteiger partial charge in [-0.25, -0.2) is 4.98 Å². The summed E-state index contributed by atoms with van der Waals surface area (Å²) in [5.74, 6) is 2.47. The first-order chi connectivity index (χ1) is 16.1. The predicted octanol–water partition coefficient (Wildman–Crippen LogP) is 3.11. The number of hydrogen-bond donors (Lipinski definition) is 0. The van der Waals surface area contributed by atoms with Crippen LogP contribution in [0.15, 0.2) is 47.0 Å². The van der Waals surface area contributed by atoms with Crippen molar-refractivity contribution in [3.63, 3.8) is 0 Å². The molecule has 0 saturated carbocycles. The van der Waals surface area contributed by atoms with Gasteiger partial charge in [-0.05, 0) is 49.2 Å². The molecule has 168 valence electrons. The zero-order valence-corrected chi connectivity index (χ0v) is 18.3. The van der Waals surface area contributed by atoms with Crippen molar-refractivity contribution in [2.24, 2.45) is 0 Å². The molecule has 0 aliphatic carbocycles. The number of amides is 1. The number of carbonyl (C=O) groups is 1. The second-order valence-corrected chi connectivity index (χ2v) is 7.74. The Morgan fingerprint density at radius 1 is 0.939 bits per heavy atom. The Morgan fingerprint density at radius 3 is 2.39 bits per heavy atom. The molecule has 0 radical (unpaired) electrons. The van der Waals surface area contributed by atoms with E-state index >= 15 is 0 Å². The summed E-state index contributed by atoms with van der Waals surface area (Å²) in [6.07, 6.45) is 1.43. The van der Waals surface area contributed by atoms with Gasteiger partial charge in [0, 0.05) is 30.6 Å². The van der Waals surface area contributed by atoms with Crippen molar-refractivity contribution >= 4 is 16.9 Å². The monoisotopic (exact) mass is 446 g/mol. The average Bonchev–Trinajstić information content (AvgIpc) is 3.38. The Kier molecular flexibility index (Phi) is 5.55. The molecule has 1 amide bonds. The normalized spacial score (nSPS) is 14.4. The Hall–Kier alpha value is -4.08. The Morgan fingerprint density at radius 2 is 1.67 bits per heavy atom. The average molecular weight is 446 g/mol. The van der Waals surface area contributed by atoms with Crippen LogP contribution in [0.4, 0.5) is 0 Å². The Labute approximate surface area is 189 Å². The highest BCUT2D eigenvalue weighted by Crippen LogP contribution is 2.29. The van der Waals surface area contributed by atoms with Gasteiger partial charge in [-0.3, -0.25) is 4.79 Å². The topological polar surface area (TPSA) is 116 Å². The number of aromatic nitrogens is 5. The lowest BCUT2D eigenvalue weighted by Crippen LogP contribution is -2.39. The molecule has 0 unspecified atom stereocenters. The van der Waals surface area contributed by atoms with Crippen molar-refractivity contribution in [1.29, 1.82) is 0 Å². The van der Waals surface area contributed by atoms with Gasteiger partial charge < -0.3 is 18.9 Å². The molecule has 10 nitrogen and oxygen atoms in total. The van der Waals surface area contributed by atoms with Gasteiger partial charge in [0.2, 0.25) is 17.5 Å². The highest BCUT2D eigenvalue weighted by Gasteiger charge is 2.29. The minimum atomic E-state index is -0.241. The number of methoxy groups -OCH3 is 2. The third-order valence-corrected chi connectivity index (χ3v) is 5.77. The van der Waals surface area contributed by atoms with Crippen LogP contribution in [0, 0.1) is 0 Å². The molecule has 1 aliphatic rings. The van der Waals surface area contributed by atoms with E-state index in [-0.39, 0.29) is 17.6 Å². The fourth-order valence-corrected chi connectivity index (χ4v) is 3.86. The fourth-order valence-electron chi connectivity index (χ4n) is 3.86. The van der Waals surface area contributed by atoms with E-state index in [1.54, 1.807) is 37.3 Å². The smallest absolute Gasteiger partial charge is 0.293 e. The van der Waals surface area contributed by atoms with Crippen molar-refractivity contribution in [1.82, 2.24) is 30.2 Å². The number of likely N-dealkylation sites (tertiary alicyclic amines) is 1. The lowest BCUT2D eigenvalue weighted by Gasteiger charge is -2.29. The molecule has 0 atom stereocenters. The molecule has 0 bridgehead atoms. The van der Waals surface area contributed by atoms with Crippen molar-refractivity contribution in [2.45, 2.75) is 18.8 Å². The highest BCUT2D eigenvalue weighted by atomic mass is 16.5. The molecule has 1 aliphatic heterocycles. The van der Waals surface area contributed by atoms with Crippen LogP contribution >= 0.6 is 0 Å². The zero-order chi connectivity index (χ0) is 22.8. The van der Waals surface area contributed by atoms with E-state index in [0.717, 1.165) is 11.3 Å². The summed E-state index contributed by atoms with van der Waals surface area (Å²) < 4.78 is 15.9. The van der Waals surface area contributed by atoms with Crippen LogP contribution in [-0.2, 0) is 0 Å². The minimum Gasteiger partial charge on any atom is -0.497 e.